The summed E-state index contributed by atoms with van der Waals surface area (Å²) in [5, 5.41) is 18.7. The number of hydrogen-bond acceptors (Lipinski definition) is 7. The van der Waals surface area contributed by atoms with Crippen molar-refractivity contribution in [3.8, 4) is 0 Å². The average molecular weight is 318 g/mol. The average Bonchev–Trinajstić information content (AvgIpc) is 2.88. The van der Waals surface area contributed by atoms with Crippen molar-refractivity contribution >= 4 is 18.5 Å². The minimum absolute atomic E-state index is 0.172. The third-order valence-corrected chi connectivity index (χ3v) is 4.49. The molecule has 0 radical (unpaired) electrons. The molecule has 2 saturated heterocycles. The summed E-state index contributed by atoms with van der Waals surface area (Å²) in [5.74, 6) is 0. The van der Waals surface area contributed by atoms with E-state index >= 15 is 0 Å². The van der Waals surface area contributed by atoms with E-state index in [2.05, 4.69) is 0 Å². The van der Waals surface area contributed by atoms with E-state index in [9.17, 15) is 10.00 Å². The number of hydrogen-bond donors (Lipinski definition) is 3. The Bertz CT molecular complexity index is 404. The van der Waals surface area contributed by atoms with E-state index in [-0.39, 0.29) is 26.1 Å². The Balaban J connectivity index is 1.83. The number of aliphatic hydroxyl groups is 2. The van der Waals surface area contributed by atoms with Gasteiger partial charge in [-0.3, -0.25) is 0 Å². The van der Waals surface area contributed by atoms with E-state index in [1.165, 1.54) is 0 Å². The molecule has 2 heterocycles. The Morgan fingerprint density at radius 2 is 2.00 bits per heavy atom. The largest absolute Gasteiger partial charge is 0.394 e. The highest BCUT2D eigenvalue weighted by atomic mass is 32.5. The Morgan fingerprint density at radius 3 is 2.63 bits per heavy atom. The molecule has 19 heavy (non-hydrogen) atoms. The van der Waals surface area contributed by atoms with E-state index in [1.54, 1.807) is 0 Å². The van der Waals surface area contributed by atoms with Gasteiger partial charge in [0.05, 0.1) is 28.2 Å². The molecule has 7 nitrogen and oxygen atoms in total. The number of aliphatic hydroxyl groups excluding tert-OH is 2. The maximum atomic E-state index is 9.99. The zero-order valence-electron chi connectivity index (χ0n) is 12.1. The van der Waals surface area contributed by atoms with Crippen molar-refractivity contribution < 1.29 is 36.4 Å². The second-order valence-electron chi connectivity index (χ2n) is 4.31. The monoisotopic (exact) mass is 318 g/mol. The van der Waals surface area contributed by atoms with Gasteiger partial charge >= 0.3 is 6.72 Å². The van der Waals surface area contributed by atoms with E-state index in [0.29, 0.717) is 0 Å². The van der Waals surface area contributed by atoms with Crippen LogP contribution >= 0.6 is 6.72 Å². The summed E-state index contributed by atoms with van der Waals surface area (Å²) in [6, 6.07) is 0. The fraction of sp³-hybridized carbons (Fsp3) is 1.00. The van der Waals surface area contributed by atoms with Crippen LogP contribution in [0.4, 0.5) is 0 Å². The quantitative estimate of drug-likeness (QED) is 0.566. The molecule has 2 fully saturated rings. The molecule has 0 aromatic carbocycles. The molecule has 2 aliphatic rings. The lowest BCUT2D eigenvalue weighted by atomic mass is 10.2. The maximum absolute atomic E-state index is 9.99. The number of ether oxygens (including phenoxy) is 2. The molecule has 0 bridgehead atoms. The highest BCUT2D eigenvalue weighted by molar-refractivity contribution is 8.07. The van der Waals surface area contributed by atoms with Crippen molar-refractivity contribution in [3.63, 3.8) is 0 Å². The van der Waals surface area contributed by atoms with Crippen LogP contribution < -0.4 is 0 Å². The summed E-state index contributed by atoms with van der Waals surface area (Å²) in [4.78, 5) is 9.99. The van der Waals surface area contributed by atoms with E-state index < -0.39 is 44.3 Å². The molecule has 0 aromatic rings. The highest BCUT2D eigenvalue weighted by Crippen LogP contribution is 2.47. The maximum Gasteiger partial charge on any atom is 0.324 e. The second-order valence-corrected chi connectivity index (χ2v) is 7.10. The van der Waals surface area contributed by atoms with Crippen molar-refractivity contribution in [1.82, 2.24) is 0 Å². The van der Waals surface area contributed by atoms with Crippen LogP contribution in [-0.4, -0.2) is 65.9 Å². The minimum Gasteiger partial charge on any atom is -0.394 e. The molecular formula is C10H19O7PS. The van der Waals surface area contributed by atoms with Gasteiger partial charge in [-0.15, -0.1) is 0 Å². The van der Waals surface area contributed by atoms with Gasteiger partial charge in [0.25, 0.3) is 0 Å². The molecule has 0 aliphatic carbocycles. The van der Waals surface area contributed by atoms with Crippen molar-refractivity contribution in [1.29, 1.82) is 0 Å². The standard InChI is InChI=1S/C10H19O7PS/c11-5-9-8(2-4-14-9)17-18(13,19)16-6-10-7(12)1-3-15-10/h7-12H,1-6H2,(H,13,19)/t7-,8-,9+,10+,18?/m0/s1/i3T,4T/t3?,4?,7-,8-,9+,10+,18?. The van der Waals surface area contributed by atoms with E-state index in [4.69, 9.17) is 38.2 Å². The molecule has 2 aliphatic heterocycles. The summed E-state index contributed by atoms with van der Waals surface area (Å²) in [7, 11) is 0. The topological polar surface area (TPSA) is 97.6 Å². The van der Waals surface area contributed by atoms with Crippen molar-refractivity contribution in [2.45, 2.75) is 37.3 Å². The Kier molecular flexibility index (Phi) is 4.73. The van der Waals surface area contributed by atoms with Crippen LogP contribution in [0.1, 0.15) is 15.6 Å². The molecular weight excluding hydrogens is 295 g/mol. The minimum atomic E-state index is -3.61. The molecule has 0 aromatic heterocycles. The molecule has 2 rings (SSSR count). The van der Waals surface area contributed by atoms with Gasteiger partial charge in [0, 0.05) is 19.6 Å². The fourth-order valence-corrected chi connectivity index (χ4v) is 3.30. The molecule has 3 unspecified atom stereocenters. The summed E-state index contributed by atoms with van der Waals surface area (Å²) in [6.07, 6.45) is -2.68. The van der Waals surface area contributed by atoms with Gasteiger partial charge in [-0.1, -0.05) is 0 Å². The Labute approximate surface area is 119 Å². The highest BCUT2D eigenvalue weighted by Gasteiger charge is 2.35. The van der Waals surface area contributed by atoms with Crippen LogP contribution in [0.15, 0.2) is 0 Å². The van der Waals surface area contributed by atoms with Crippen LogP contribution in [0.5, 0.6) is 0 Å². The van der Waals surface area contributed by atoms with Gasteiger partial charge in [0.2, 0.25) is 0 Å². The SMILES string of the molecule is [3H]C1C[C@H](OP(O)(=S)OC[C@H]2OC([3H])C[C@@H]2O)[C@@H](CO)O1. The van der Waals surface area contributed by atoms with Gasteiger partial charge in [0.15, 0.2) is 0 Å². The van der Waals surface area contributed by atoms with Crippen LogP contribution in [-0.2, 0) is 30.3 Å². The predicted molar refractivity (Wildman–Crippen MR) is 69.1 cm³/mol. The first-order valence-electron chi connectivity index (χ1n) is 7.06. The zero-order chi connectivity index (χ0) is 15.6. The first-order chi connectivity index (χ1) is 9.80. The van der Waals surface area contributed by atoms with Crippen LogP contribution in [0.3, 0.4) is 0 Å². The zero-order valence-corrected chi connectivity index (χ0v) is 11.8. The summed E-state index contributed by atoms with van der Waals surface area (Å²) >= 11 is 4.86. The molecule has 9 heteroatoms. The smallest absolute Gasteiger partial charge is 0.324 e. The van der Waals surface area contributed by atoms with E-state index in [1.807, 2.05) is 0 Å². The van der Waals surface area contributed by atoms with Gasteiger partial charge in [0.1, 0.15) is 12.2 Å². The molecule has 7 atom stereocenters. The van der Waals surface area contributed by atoms with Crippen molar-refractivity contribution in [3.05, 3.63) is 0 Å². The number of rotatable bonds is 6. The molecule has 112 valence electrons. The second kappa shape index (κ2) is 6.89. The van der Waals surface area contributed by atoms with Gasteiger partial charge in [-0.2, -0.15) is 0 Å². The first-order valence-corrected chi connectivity index (χ1v) is 8.50. The molecule has 0 amide bonds. The molecule has 0 saturated carbocycles. The third-order valence-electron chi connectivity index (χ3n) is 2.90. The molecule has 3 N–H and O–H groups in total. The van der Waals surface area contributed by atoms with Crippen molar-refractivity contribution in [2.75, 3.05) is 26.4 Å². The Morgan fingerprint density at radius 1 is 1.32 bits per heavy atom. The van der Waals surface area contributed by atoms with Gasteiger partial charge in [-0.05, 0) is 18.2 Å². The van der Waals surface area contributed by atoms with Gasteiger partial charge in [-0.25, -0.2) is 0 Å². The van der Waals surface area contributed by atoms with Crippen molar-refractivity contribution in [2.24, 2.45) is 0 Å². The third kappa shape index (κ3) is 4.42. The lowest BCUT2D eigenvalue weighted by Crippen LogP contribution is -2.29. The van der Waals surface area contributed by atoms with Gasteiger partial charge < -0.3 is 33.6 Å². The summed E-state index contributed by atoms with van der Waals surface area (Å²) in [6.45, 7) is -5.81. The summed E-state index contributed by atoms with van der Waals surface area (Å²) < 4.78 is 35.4. The van der Waals surface area contributed by atoms with Crippen LogP contribution in [0.2, 0.25) is 0 Å². The van der Waals surface area contributed by atoms with Crippen LogP contribution in [0, 0.1) is 0 Å². The predicted octanol–water partition coefficient (Wildman–Crippen LogP) is -0.464. The fourth-order valence-electron chi connectivity index (χ4n) is 1.82. The lowest BCUT2D eigenvalue weighted by molar-refractivity contribution is -0.0103. The lowest BCUT2D eigenvalue weighted by Gasteiger charge is -2.24. The van der Waals surface area contributed by atoms with Crippen LogP contribution in [0.25, 0.3) is 0 Å². The van der Waals surface area contributed by atoms with E-state index in [0.717, 1.165) is 0 Å². The Hall–Kier alpha value is 0.370. The normalized spacial score (nSPS) is 47.7. The summed E-state index contributed by atoms with van der Waals surface area (Å²) in [5.41, 5.74) is 0. The first kappa shape index (κ1) is 13.1. The molecule has 0 spiro atoms.